The Morgan fingerprint density at radius 2 is 1.69 bits per heavy atom. The van der Waals surface area contributed by atoms with E-state index in [4.69, 9.17) is 14.2 Å². The van der Waals surface area contributed by atoms with Gasteiger partial charge in [0.2, 0.25) is 5.91 Å². The Morgan fingerprint density at radius 1 is 1.03 bits per heavy atom. The van der Waals surface area contributed by atoms with Crippen molar-refractivity contribution in [3.05, 3.63) is 23.9 Å². The van der Waals surface area contributed by atoms with Crippen molar-refractivity contribution < 1.29 is 28.6 Å². The predicted molar refractivity (Wildman–Crippen MR) is 118 cm³/mol. The molecule has 0 radical (unpaired) electrons. The number of rotatable bonds is 6. The molecule has 3 amide bonds. The van der Waals surface area contributed by atoms with E-state index in [2.05, 4.69) is 5.32 Å². The molecule has 32 heavy (non-hydrogen) atoms. The highest BCUT2D eigenvalue weighted by Gasteiger charge is 2.29. The molecule has 1 aliphatic heterocycles. The van der Waals surface area contributed by atoms with Crippen LogP contribution >= 0.6 is 0 Å². The Morgan fingerprint density at radius 3 is 2.28 bits per heavy atom. The topological polar surface area (TPSA) is 102 Å². The van der Waals surface area contributed by atoms with Crippen LogP contribution in [0, 0.1) is 0 Å². The summed E-state index contributed by atoms with van der Waals surface area (Å²) in [6.45, 7) is 5.31. The van der Waals surface area contributed by atoms with Gasteiger partial charge in [0.05, 0.1) is 26.3 Å². The first-order valence-electron chi connectivity index (χ1n) is 10.5. The van der Waals surface area contributed by atoms with Crippen molar-refractivity contribution in [3.8, 4) is 11.5 Å². The van der Waals surface area contributed by atoms with E-state index in [1.807, 2.05) is 6.07 Å². The predicted octanol–water partition coefficient (Wildman–Crippen LogP) is 1.61. The molecule has 0 saturated carbocycles. The summed E-state index contributed by atoms with van der Waals surface area (Å²) in [6, 6.07) is 4.60. The Hall–Kier alpha value is -3.43. The molecule has 2 heterocycles. The Labute approximate surface area is 187 Å². The lowest BCUT2D eigenvalue weighted by atomic mass is 10.2. The van der Waals surface area contributed by atoms with Gasteiger partial charge in [0.1, 0.15) is 23.2 Å². The van der Waals surface area contributed by atoms with Crippen molar-refractivity contribution in [2.45, 2.75) is 19.9 Å². The summed E-state index contributed by atoms with van der Waals surface area (Å²) in [5.74, 6) is 0.654. The summed E-state index contributed by atoms with van der Waals surface area (Å²) < 4.78 is 17.5. The van der Waals surface area contributed by atoms with Gasteiger partial charge in [-0.15, -0.1) is 0 Å². The highest BCUT2D eigenvalue weighted by Crippen LogP contribution is 2.33. The molecule has 1 fully saturated rings. The second-order valence-electron chi connectivity index (χ2n) is 7.56. The number of piperazine rings is 1. The number of hydrogen-bond donors (Lipinski definition) is 1. The van der Waals surface area contributed by atoms with E-state index in [1.54, 1.807) is 61.6 Å². The van der Waals surface area contributed by atoms with Gasteiger partial charge >= 0.3 is 6.09 Å². The minimum absolute atomic E-state index is 0.195. The second kappa shape index (κ2) is 9.80. The Bertz CT molecular complexity index is 1010. The maximum absolute atomic E-state index is 13.0. The van der Waals surface area contributed by atoms with Crippen molar-refractivity contribution >= 4 is 28.8 Å². The minimum atomic E-state index is -0.717. The van der Waals surface area contributed by atoms with E-state index < -0.39 is 6.04 Å². The minimum Gasteiger partial charge on any atom is -0.497 e. The molecule has 3 rings (SSSR count). The van der Waals surface area contributed by atoms with Gasteiger partial charge in [0.15, 0.2) is 0 Å². The number of aryl methyl sites for hydroxylation is 1. The number of methoxy groups -OCH3 is 2. The van der Waals surface area contributed by atoms with Gasteiger partial charge in [-0.1, -0.05) is 0 Å². The van der Waals surface area contributed by atoms with E-state index in [9.17, 15) is 14.4 Å². The summed E-state index contributed by atoms with van der Waals surface area (Å²) in [7, 11) is 4.90. The van der Waals surface area contributed by atoms with Gasteiger partial charge < -0.3 is 33.9 Å². The number of carbonyl (C=O) groups is 3. The van der Waals surface area contributed by atoms with Gasteiger partial charge in [0.25, 0.3) is 5.91 Å². The quantitative estimate of drug-likeness (QED) is 0.723. The summed E-state index contributed by atoms with van der Waals surface area (Å²) in [6.07, 6.45) is -0.371. The molecule has 1 aromatic heterocycles. The fraction of sp³-hybridized carbons (Fsp3) is 0.500. The average molecular weight is 447 g/mol. The van der Waals surface area contributed by atoms with Gasteiger partial charge in [-0.25, -0.2) is 4.79 Å². The number of ether oxygens (including phenoxy) is 3. The molecular formula is C22H30N4O6. The second-order valence-corrected chi connectivity index (χ2v) is 7.56. The van der Waals surface area contributed by atoms with Gasteiger partial charge in [-0.3, -0.25) is 9.59 Å². The summed E-state index contributed by atoms with van der Waals surface area (Å²) in [5, 5.41) is 3.56. The number of benzene rings is 1. The molecule has 0 aliphatic carbocycles. The van der Waals surface area contributed by atoms with Crippen LogP contribution in [0.15, 0.2) is 18.2 Å². The molecule has 0 spiro atoms. The van der Waals surface area contributed by atoms with Gasteiger partial charge in [-0.2, -0.15) is 0 Å². The molecule has 1 atom stereocenters. The number of nitrogens with one attached hydrogen (secondary N) is 1. The summed E-state index contributed by atoms with van der Waals surface area (Å²) in [4.78, 5) is 40.9. The first-order valence-corrected chi connectivity index (χ1v) is 10.5. The molecule has 174 valence electrons. The smallest absolute Gasteiger partial charge is 0.409 e. The highest BCUT2D eigenvalue weighted by atomic mass is 16.6. The van der Waals surface area contributed by atoms with Crippen molar-refractivity contribution in [3.63, 3.8) is 0 Å². The third-order valence-electron chi connectivity index (χ3n) is 5.62. The van der Waals surface area contributed by atoms with Crippen LogP contribution in [0.2, 0.25) is 0 Å². The fourth-order valence-electron chi connectivity index (χ4n) is 3.81. The Kier molecular flexibility index (Phi) is 7.12. The van der Waals surface area contributed by atoms with Crippen molar-refractivity contribution in [1.82, 2.24) is 19.7 Å². The molecule has 10 nitrogen and oxygen atoms in total. The van der Waals surface area contributed by atoms with E-state index in [0.717, 1.165) is 10.9 Å². The largest absolute Gasteiger partial charge is 0.497 e. The SMILES string of the molecule is CCOC(=O)N1CCN(C(=O)[C@@H](C)NC(=O)c2cc3c(OC)cc(OC)cc3n2C)CC1. The van der Waals surface area contributed by atoms with E-state index in [0.29, 0.717) is 50.0 Å². The monoisotopic (exact) mass is 446 g/mol. The van der Waals surface area contributed by atoms with Gasteiger partial charge in [0, 0.05) is 50.7 Å². The van der Waals surface area contributed by atoms with E-state index >= 15 is 0 Å². The van der Waals surface area contributed by atoms with Crippen LogP contribution in [0.25, 0.3) is 10.9 Å². The molecule has 1 aliphatic rings. The lowest BCUT2D eigenvalue weighted by Crippen LogP contribution is -2.55. The van der Waals surface area contributed by atoms with Crippen LogP contribution in [-0.4, -0.2) is 85.3 Å². The van der Waals surface area contributed by atoms with Crippen LogP contribution in [-0.2, 0) is 16.6 Å². The van der Waals surface area contributed by atoms with Gasteiger partial charge in [-0.05, 0) is 19.9 Å². The normalized spacial score (nSPS) is 14.8. The number of hydrogen-bond acceptors (Lipinski definition) is 6. The Balaban J connectivity index is 1.68. The van der Waals surface area contributed by atoms with Crippen LogP contribution in [0.5, 0.6) is 11.5 Å². The zero-order valence-electron chi connectivity index (χ0n) is 19.1. The number of aromatic nitrogens is 1. The zero-order valence-corrected chi connectivity index (χ0v) is 19.1. The molecule has 2 aromatic rings. The summed E-state index contributed by atoms with van der Waals surface area (Å²) in [5.41, 5.74) is 1.18. The van der Waals surface area contributed by atoms with Crippen LogP contribution < -0.4 is 14.8 Å². The number of amides is 3. The molecule has 10 heteroatoms. The third kappa shape index (κ3) is 4.58. The zero-order chi connectivity index (χ0) is 23.4. The van der Waals surface area contributed by atoms with E-state index in [1.165, 1.54) is 0 Å². The lowest BCUT2D eigenvalue weighted by molar-refractivity contribution is -0.134. The van der Waals surface area contributed by atoms with Crippen molar-refractivity contribution in [2.24, 2.45) is 7.05 Å². The lowest BCUT2D eigenvalue weighted by Gasteiger charge is -2.35. The number of nitrogens with zero attached hydrogens (tertiary/aromatic N) is 3. The van der Waals surface area contributed by atoms with Crippen molar-refractivity contribution in [2.75, 3.05) is 47.0 Å². The first-order chi connectivity index (χ1) is 15.3. The first kappa shape index (κ1) is 23.2. The third-order valence-corrected chi connectivity index (χ3v) is 5.62. The standard InChI is InChI=1S/C22H30N4O6/c1-6-32-22(29)26-9-7-25(8-10-26)21(28)14(2)23-20(27)18-13-16-17(24(18)3)11-15(30-4)12-19(16)31-5/h11-14H,6-10H2,1-5H3,(H,23,27)/t14-/m1/s1. The van der Waals surface area contributed by atoms with Crippen molar-refractivity contribution in [1.29, 1.82) is 0 Å². The van der Waals surface area contributed by atoms with Crippen LogP contribution in [0.3, 0.4) is 0 Å². The molecule has 1 N–H and O–H groups in total. The highest BCUT2D eigenvalue weighted by molar-refractivity contribution is 6.02. The number of carbonyl (C=O) groups excluding carboxylic acids is 3. The van der Waals surface area contributed by atoms with E-state index in [-0.39, 0.29) is 17.9 Å². The maximum atomic E-state index is 13.0. The molecule has 0 bridgehead atoms. The van der Waals surface area contributed by atoms with Crippen LogP contribution in [0.4, 0.5) is 4.79 Å². The molecule has 1 saturated heterocycles. The molecule has 1 aromatic carbocycles. The maximum Gasteiger partial charge on any atom is 0.409 e. The summed E-state index contributed by atoms with van der Waals surface area (Å²) >= 11 is 0. The molecular weight excluding hydrogens is 416 g/mol. The average Bonchev–Trinajstić information content (AvgIpc) is 3.14. The molecule has 0 unspecified atom stereocenters. The van der Waals surface area contributed by atoms with Crippen LogP contribution in [0.1, 0.15) is 24.3 Å². The number of fused-ring (bicyclic) bond motifs is 1. The fourth-order valence-corrected chi connectivity index (χ4v) is 3.81.